The lowest BCUT2D eigenvalue weighted by Gasteiger charge is -2.27. The number of halogens is 1. The van der Waals surface area contributed by atoms with Crippen LogP contribution in [0, 0.1) is 0 Å². The monoisotopic (exact) mass is 326 g/mol. The smallest absolute Gasteiger partial charge is 0.357 e. The van der Waals surface area contributed by atoms with Crippen molar-refractivity contribution >= 4 is 33.4 Å². The van der Waals surface area contributed by atoms with Crippen LogP contribution in [0.15, 0.2) is 17.0 Å². The molecule has 3 heterocycles. The summed E-state index contributed by atoms with van der Waals surface area (Å²) in [6.45, 7) is 2.71. The van der Waals surface area contributed by atoms with E-state index in [1.165, 1.54) is 0 Å². The number of anilines is 1. The zero-order chi connectivity index (χ0) is 13.4. The SMILES string of the molecule is O=C(O)c1nc2c(N3CCOCC3)nccn2c1Br. The van der Waals surface area contributed by atoms with Crippen molar-refractivity contribution in [3.05, 3.63) is 22.7 Å². The Morgan fingerprint density at radius 3 is 2.84 bits per heavy atom. The Labute approximate surface area is 117 Å². The summed E-state index contributed by atoms with van der Waals surface area (Å²) < 4.78 is 7.41. The second-order valence-corrected chi connectivity index (χ2v) is 4.85. The third kappa shape index (κ3) is 2.06. The second kappa shape index (κ2) is 4.78. The summed E-state index contributed by atoms with van der Waals surface area (Å²) in [6.07, 6.45) is 3.32. The van der Waals surface area contributed by atoms with E-state index in [9.17, 15) is 4.79 Å². The lowest BCUT2D eigenvalue weighted by Crippen LogP contribution is -2.37. The van der Waals surface area contributed by atoms with Crippen molar-refractivity contribution in [3.8, 4) is 0 Å². The second-order valence-electron chi connectivity index (χ2n) is 4.10. The molecule has 0 spiro atoms. The molecule has 2 aromatic heterocycles. The molecular weight excluding hydrogens is 316 g/mol. The number of imidazole rings is 1. The van der Waals surface area contributed by atoms with Gasteiger partial charge in [-0.25, -0.2) is 14.8 Å². The summed E-state index contributed by atoms with van der Waals surface area (Å²) in [6, 6.07) is 0. The molecule has 0 radical (unpaired) electrons. The maximum atomic E-state index is 11.1. The zero-order valence-corrected chi connectivity index (χ0v) is 11.5. The van der Waals surface area contributed by atoms with Gasteiger partial charge in [0.15, 0.2) is 17.2 Å². The van der Waals surface area contributed by atoms with E-state index in [-0.39, 0.29) is 5.69 Å². The average molecular weight is 327 g/mol. The molecule has 0 aromatic carbocycles. The molecule has 0 saturated carbocycles. The summed E-state index contributed by atoms with van der Waals surface area (Å²) in [5, 5.41) is 9.11. The van der Waals surface area contributed by atoms with Gasteiger partial charge in [-0.3, -0.25) is 4.40 Å². The van der Waals surface area contributed by atoms with Gasteiger partial charge in [0.2, 0.25) is 0 Å². The largest absolute Gasteiger partial charge is 0.476 e. The molecule has 0 bridgehead atoms. The quantitative estimate of drug-likeness (QED) is 0.887. The fourth-order valence-electron chi connectivity index (χ4n) is 2.07. The highest BCUT2D eigenvalue weighted by atomic mass is 79.9. The van der Waals surface area contributed by atoms with E-state index in [2.05, 4.69) is 25.9 Å². The number of hydrogen-bond acceptors (Lipinski definition) is 5. The first-order valence-electron chi connectivity index (χ1n) is 5.77. The Bertz CT molecular complexity index is 636. The Morgan fingerprint density at radius 1 is 1.42 bits per heavy atom. The van der Waals surface area contributed by atoms with Crippen molar-refractivity contribution in [1.29, 1.82) is 0 Å². The van der Waals surface area contributed by atoms with Crippen molar-refractivity contribution in [3.63, 3.8) is 0 Å². The van der Waals surface area contributed by atoms with Crippen molar-refractivity contribution in [2.45, 2.75) is 0 Å². The third-order valence-corrected chi connectivity index (χ3v) is 3.74. The van der Waals surface area contributed by atoms with Gasteiger partial charge in [-0.15, -0.1) is 0 Å². The van der Waals surface area contributed by atoms with Gasteiger partial charge in [0.25, 0.3) is 0 Å². The van der Waals surface area contributed by atoms with Crippen LogP contribution >= 0.6 is 15.9 Å². The Hall–Kier alpha value is -1.67. The van der Waals surface area contributed by atoms with Gasteiger partial charge in [0.1, 0.15) is 4.60 Å². The van der Waals surface area contributed by atoms with E-state index in [1.54, 1.807) is 16.8 Å². The molecule has 1 N–H and O–H groups in total. The van der Waals surface area contributed by atoms with Crippen LogP contribution in [-0.2, 0) is 4.74 Å². The molecule has 19 heavy (non-hydrogen) atoms. The zero-order valence-electron chi connectivity index (χ0n) is 9.91. The molecule has 8 heteroatoms. The minimum Gasteiger partial charge on any atom is -0.476 e. The van der Waals surface area contributed by atoms with Crippen LogP contribution < -0.4 is 4.90 Å². The summed E-state index contributed by atoms with van der Waals surface area (Å²) >= 11 is 3.26. The average Bonchev–Trinajstić information content (AvgIpc) is 2.78. The molecular formula is C11H11BrN4O3. The van der Waals surface area contributed by atoms with Crippen molar-refractivity contribution in [1.82, 2.24) is 14.4 Å². The number of aromatic nitrogens is 3. The molecule has 0 unspecified atom stereocenters. The molecule has 3 rings (SSSR count). The minimum absolute atomic E-state index is 0.0116. The van der Waals surface area contributed by atoms with Crippen LogP contribution in [-0.4, -0.2) is 51.7 Å². The number of ether oxygens (including phenoxy) is 1. The first-order valence-corrected chi connectivity index (χ1v) is 6.56. The lowest BCUT2D eigenvalue weighted by atomic mass is 10.4. The van der Waals surface area contributed by atoms with Gasteiger partial charge in [-0.2, -0.15) is 0 Å². The Morgan fingerprint density at radius 2 is 2.16 bits per heavy atom. The molecule has 1 saturated heterocycles. The first-order chi connectivity index (χ1) is 9.18. The fourth-order valence-corrected chi connectivity index (χ4v) is 2.61. The molecule has 7 nitrogen and oxygen atoms in total. The summed E-state index contributed by atoms with van der Waals surface area (Å²) in [5.41, 5.74) is 0.524. The summed E-state index contributed by atoms with van der Waals surface area (Å²) in [5.74, 6) is -0.387. The predicted octanol–water partition coefficient (Wildman–Crippen LogP) is 1.03. The normalized spacial score (nSPS) is 15.9. The molecule has 1 fully saturated rings. The number of nitrogens with zero attached hydrogens (tertiary/aromatic N) is 4. The highest BCUT2D eigenvalue weighted by molar-refractivity contribution is 9.10. The number of fused-ring (bicyclic) bond motifs is 1. The minimum atomic E-state index is -1.07. The number of carboxylic acids is 1. The van der Waals surface area contributed by atoms with E-state index in [4.69, 9.17) is 9.84 Å². The molecule has 0 aliphatic carbocycles. The number of carbonyl (C=O) groups is 1. The van der Waals surface area contributed by atoms with Crippen molar-refractivity contribution < 1.29 is 14.6 Å². The van der Waals surface area contributed by atoms with Crippen LogP contribution in [0.1, 0.15) is 10.5 Å². The number of carboxylic acid groups (broad SMARTS) is 1. The van der Waals surface area contributed by atoms with E-state index in [1.807, 2.05) is 4.90 Å². The molecule has 1 aliphatic heterocycles. The van der Waals surface area contributed by atoms with Gasteiger partial charge in [0.05, 0.1) is 13.2 Å². The maximum absolute atomic E-state index is 11.1. The highest BCUT2D eigenvalue weighted by Crippen LogP contribution is 2.25. The van der Waals surface area contributed by atoms with Gasteiger partial charge >= 0.3 is 5.97 Å². The van der Waals surface area contributed by atoms with Crippen LogP contribution in [0.25, 0.3) is 5.65 Å². The Kier molecular flexibility index (Phi) is 3.11. The van der Waals surface area contributed by atoms with E-state index < -0.39 is 5.97 Å². The predicted molar refractivity (Wildman–Crippen MR) is 70.7 cm³/mol. The Balaban J connectivity index is 2.14. The number of rotatable bonds is 2. The van der Waals surface area contributed by atoms with Crippen molar-refractivity contribution in [2.75, 3.05) is 31.2 Å². The number of aromatic carboxylic acids is 1. The van der Waals surface area contributed by atoms with Crippen LogP contribution in [0.3, 0.4) is 0 Å². The molecule has 0 amide bonds. The standard InChI is InChI=1S/C11H11BrN4O3/c12-8-7(11(17)18)14-10-9(13-1-2-16(8)10)15-3-5-19-6-4-15/h1-2H,3-6H2,(H,17,18). The topological polar surface area (TPSA) is 80.0 Å². The maximum Gasteiger partial charge on any atom is 0.357 e. The van der Waals surface area contributed by atoms with Crippen molar-refractivity contribution in [2.24, 2.45) is 0 Å². The third-order valence-electron chi connectivity index (χ3n) is 2.98. The van der Waals surface area contributed by atoms with E-state index in [0.29, 0.717) is 29.3 Å². The van der Waals surface area contributed by atoms with E-state index in [0.717, 1.165) is 13.1 Å². The molecule has 2 aromatic rings. The van der Waals surface area contributed by atoms with Crippen LogP contribution in [0.2, 0.25) is 0 Å². The van der Waals surface area contributed by atoms with Crippen LogP contribution in [0.4, 0.5) is 5.82 Å². The molecule has 0 atom stereocenters. The van der Waals surface area contributed by atoms with Gasteiger partial charge in [-0.05, 0) is 15.9 Å². The first kappa shape index (κ1) is 12.4. The van der Waals surface area contributed by atoms with E-state index >= 15 is 0 Å². The molecule has 1 aliphatic rings. The van der Waals surface area contributed by atoms with Gasteiger partial charge < -0.3 is 14.7 Å². The lowest BCUT2D eigenvalue weighted by molar-refractivity contribution is 0.0690. The van der Waals surface area contributed by atoms with Gasteiger partial charge in [-0.1, -0.05) is 0 Å². The van der Waals surface area contributed by atoms with Gasteiger partial charge in [0, 0.05) is 25.5 Å². The fraction of sp³-hybridized carbons (Fsp3) is 0.364. The number of morpholine rings is 1. The molecule has 100 valence electrons. The summed E-state index contributed by atoms with van der Waals surface area (Å²) in [4.78, 5) is 21.6. The van der Waals surface area contributed by atoms with Crippen LogP contribution in [0.5, 0.6) is 0 Å². The number of hydrogen-bond donors (Lipinski definition) is 1. The summed E-state index contributed by atoms with van der Waals surface area (Å²) in [7, 11) is 0. The highest BCUT2D eigenvalue weighted by Gasteiger charge is 2.22.